The molecule has 0 saturated heterocycles. The summed E-state index contributed by atoms with van der Waals surface area (Å²) in [4.78, 5) is 0. The van der Waals surface area contributed by atoms with E-state index in [1.165, 1.54) is 0 Å². The van der Waals surface area contributed by atoms with E-state index in [2.05, 4.69) is 0 Å². The molecule has 1 N–H and O–H groups in total. The largest absolute Gasteiger partial charge is 0.460 e. The van der Waals surface area contributed by atoms with Crippen LogP contribution in [0, 0.1) is 0 Å². The summed E-state index contributed by atoms with van der Waals surface area (Å²) < 4.78 is 308. The van der Waals surface area contributed by atoms with Gasteiger partial charge in [-0.1, -0.05) is 0 Å². The van der Waals surface area contributed by atoms with Gasteiger partial charge in [-0.15, -0.1) is 0 Å². The fourth-order valence-corrected chi connectivity index (χ4v) is 1.92. The highest BCUT2D eigenvalue weighted by Gasteiger charge is 2.96. The first kappa shape index (κ1) is 35.3. The summed E-state index contributed by atoms with van der Waals surface area (Å²) >= 11 is 0. The molecular formula is C12H2F24O. The third kappa shape index (κ3) is 4.29. The van der Waals surface area contributed by atoms with Gasteiger partial charge in [-0.2, -0.15) is 101 Å². The average molecular weight is 618 g/mol. The van der Waals surface area contributed by atoms with Crippen molar-refractivity contribution in [2.45, 2.75) is 71.8 Å². The molecule has 0 aromatic carbocycles. The molecule has 0 radical (unpaired) electrons. The molecular weight excluding hydrogens is 616 g/mol. The second kappa shape index (κ2) is 8.39. The monoisotopic (exact) mass is 618 g/mol. The molecule has 0 saturated carbocycles. The van der Waals surface area contributed by atoms with E-state index in [9.17, 15) is 105 Å². The Kier molecular flexibility index (Phi) is 8.00. The molecule has 0 spiro atoms. The van der Waals surface area contributed by atoms with Gasteiger partial charge in [0, 0.05) is 0 Å². The number of alkyl halides is 24. The summed E-state index contributed by atoms with van der Waals surface area (Å²) in [5.41, 5.74) is 0. The van der Waals surface area contributed by atoms with Crippen LogP contribution in [0.2, 0.25) is 0 Å². The van der Waals surface area contributed by atoms with Crippen molar-refractivity contribution in [2.75, 3.05) is 0 Å². The van der Waals surface area contributed by atoms with Gasteiger partial charge in [-0.05, 0) is 0 Å². The van der Waals surface area contributed by atoms with E-state index in [1.807, 2.05) is 0 Å². The lowest BCUT2D eigenvalue weighted by atomic mass is 9.86. The smallest absolute Gasteiger partial charge is 0.331 e. The van der Waals surface area contributed by atoms with Crippen LogP contribution in [0.1, 0.15) is 0 Å². The first-order chi connectivity index (χ1) is 15.4. The van der Waals surface area contributed by atoms with E-state index in [0.717, 1.165) is 0 Å². The Balaban J connectivity index is 7.07. The van der Waals surface area contributed by atoms with Gasteiger partial charge in [0.2, 0.25) is 6.17 Å². The summed E-state index contributed by atoms with van der Waals surface area (Å²) in [6.07, 6.45) is -22.9. The molecule has 25 heteroatoms. The van der Waals surface area contributed by atoms with Gasteiger partial charge in [-0.25, -0.2) is 4.39 Å². The van der Waals surface area contributed by atoms with Crippen molar-refractivity contribution < 1.29 is 110 Å². The molecule has 0 heterocycles. The first-order valence-electron chi connectivity index (χ1n) is 7.62. The van der Waals surface area contributed by atoms with Crippen LogP contribution in [0.15, 0.2) is 0 Å². The van der Waals surface area contributed by atoms with Gasteiger partial charge in [0.1, 0.15) is 0 Å². The lowest BCUT2D eigenvalue weighted by Crippen LogP contribution is -2.76. The Morgan fingerprint density at radius 1 is 0.324 bits per heavy atom. The van der Waals surface area contributed by atoms with Crippen LogP contribution < -0.4 is 0 Å². The molecule has 0 aliphatic carbocycles. The fraction of sp³-hybridized carbons (Fsp3) is 1.00. The molecule has 0 bridgehead atoms. The van der Waals surface area contributed by atoms with Crippen LogP contribution in [0.25, 0.3) is 0 Å². The van der Waals surface area contributed by atoms with E-state index >= 15 is 0 Å². The molecule has 224 valence electrons. The fourth-order valence-electron chi connectivity index (χ4n) is 1.92. The molecule has 0 rings (SSSR count). The average Bonchev–Trinajstić information content (AvgIpc) is 2.64. The van der Waals surface area contributed by atoms with Gasteiger partial charge in [-0.3, -0.25) is 0 Å². The molecule has 0 aliphatic heterocycles. The van der Waals surface area contributed by atoms with Gasteiger partial charge in [0.05, 0.1) is 0 Å². The van der Waals surface area contributed by atoms with Crippen LogP contribution in [-0.2, 0) is 0 Å². The highest BCUT2D eigenvalue weighted by atomic mass is 19.4. The number of aliphatic hydroxyl groups is 1. The van der Waals surface area contributed by atoms with Crippen LogP contribution in [-0.4, -0.2) is 76.9 Å². The van der Waals surface area contributed by atoms with Crippen molar-refractivity contribution in [3.63, 3.8) is 0 Å². The van der Waals surface area contributed by atoms with Crippen LogP contribution in [0.4, 0.5) is 105 Å². The van der Waals surface area contributed by atoms with Crippen molar-refractivity contribution in [2.24, 2.45) is 0 Å². The van der Waals surface area contributed by atoms with Gasteiger partial charge < -0.3 is 5.11 Å². The molecule has 37 heavy (non-hydrogen) atoms. The third-order valence-electron chi connectivity index (χ3n) is 4.18. The number of hydrogen-bond donors (Lipinski definition) is 1. The SMILES string of the molecule is OC(F)(F)C(F)(F)C(F)(F)C(F)C(F)(F)C(F)(F)C(F)(F)C(F)(F)C(F)(F)C(F)(F)C(F)(F)C(F)(F)F. The summed E-state index contributed by atoms with van der Waals surface area (Å²) in [7, 11) is 0. The summed E-state index contributed by atoms with van der Waals surface area (Å²) in [6, 6.07) is 0. The summed E-state index contributed by atoms with van der Waals surface area (Å²) in [5.74, 6) is -79.8. The zero-order chi connectivity index (χ0) is 31.1. The minimum atomic E-state index is -9.36. The standard InChI is InChI=1S/C12H2F24O/c13-1(3(16,17)5(20,21)12(35,36)37)2(14,15)4(18,19)6(22,23)7(24,25)8(26,27)9(28,29)10(30,31)11(32,33)34/h1,37H. The highest BCUT2D eigenvalue weighted by molar-refractivity contribution is 5.17. The first-order valence-corrected chi connectivity index (χ1v) is 7.62. The van der Waals surface area contributed by atoms with Crippen molar-refractivity contribution in [3.05, 3.63) is 0 Å². The Bertz CT molecular complexity index is 828. The van der Waals surface area contributed by atoms with Crippen molar-refractivity contribution in [1.82, 2.24) is 0 Å². The maximum absolute atomic E-state index is 13.4. The highest BCUT2D eigenvalue weighted by Crippen LogP contribution is 2.65. The van der Waals surface area contributed by atoms with E-state index in [4.69, 9.17) is 5.11 Å². The molecule has 1 atom stereocenters. The maximum atomic E-state index is 13.4. The Morgan fingerprint density at radius 3 is 0.784 bits per heavy atom. The number of halogens is 24. The third-order valence-corrected chi connectivity index (χ3v) is 4.18. The molecule has 0 aromatic rings. The molecule has 1 nitrogen and oxygen atoms in total. The van der Waals surface area contributed by atoms with Crippen molar-refractivity contribution >= 4 is 0 Å². The normalized spacial score (nSPS) is 17.8. The second-order valence-electron chi connectivity index (χ2n) is 6.67. The predicted molar refractivity (Wildman–Crippen MR) is 62.6 cm³/mol. The number of hydrogen-bond acceptors (Lipinski definition) is 1. The van der Waals surface area contributed by atoms with Crippen molar-refractivity contribution in [3.8, 4) is 0 Å². The van der Waals surface area contributed by atoms with E-state index in [-0.39, 0.29) is 0 Å². The predicted octanol–water partition coefficient (Wildman–Crippen LogP) is 7.19. The molecule has 0 amide bonds. The van der Waals surface area contributed by atoms with E-state index in [1.54, 1.807) is 0 Å². The lowest BCUT2D eigenvalue weighted by Gasteiger charge is -2.44. The quantitative estimate of drug-likeness (QED) is 0.257. The topological polar surface area (TPSA) is 20.2 Å². The van der Waals surface area contributed by atoms with Crippen LogP contribution in [0.5, 0.6) is 0 Å². The molecule has 1 unspecified atom stereocenters. The van der Waals surface area contributed by atoms with Crippen LogP contribution >= 0.6 is 0 Å². The van der Waals surface area contributed by atoms with E-state index < -0.39 is 71.8 Å². The lowest BCUT2D eigenvalue weighted by molar-refractivity contribution is -0.468. The minimum Gasteiger partial charge on any atom is -0.331 e. The number of rotatable bonds is 10. The summed E-state index contributed by atoms with van der Waals surface area (Å²) in [6.45, 7) is 0. The minimum absolute atomic E-state index is 7.35. The molecule has 0 fully saturated rings. The van der Waals surface area contributed by atoms with Gasteiger partial charge in [0.25, 0.3) is 0 Å². The molecule has 0 aliphatic rings. The Hall–Kier alpha value is -1.72. The second-order valence-corrected chi connectivity index (χ2v) is 6.67. The zero-order valence-corrected chi connectivity index (χ0v) is 15.6. The summed E-state index contributed by atoms with van der Waals surface area (Å²) in [5, 5.41) is 7.45. The Labute approximate surface area is 184 Å². The van der Waals surface area contributed by atoms with E-state index in [0.29, 0.717) is 0 Å². The molecule has 0 aromatic heterocycles. The maximum Gasteiger partial charge on any atom is 0.460 e. The van der Waals surface area contributed by atoms with Crippen LogP contribution in [0.3, 0.4) is 0 Å². The zero-order valence-electron chi connectivity index (χ0n) is 15.6. The van der Waals surface area contributed by atoms with Crippen molar-refractivity contribution in [1.29, 1.82) is 0 Å². The van der Waals surface area contributed by atoms with Gasteiger partial charge in [0.15, 0.2) is 0 Å². The van der Waals surface area contributed by atoms with Gasteiger partial charge >= 0.3 is 65.6 Å². The Morgan fingerprint density at radius 2 is 0.541 bits per heavy atom.